The Morgan fingerprint density at radius 2 is 1.42 bits per heavy atom. The first-order valence-electron chi connectivity index (χ1n) is 7.62. The van der Waals surface area contributed by atoms with E-state index in [1.807, 2.05) is 65.2 Å². The molecule has 24 heavy (non-hydrogen) atoms. The van der Waals surface area contributed by atoms with Crippen LogP contribution in [0.3, 0.4) is 0 Å². The lowest BCUT2D eigenvalue weighted by atomic mass is 10.0. The lowest BCUT2D eigenvalue weighted by molar-refractivity contribution is 0.0693. The molecule has 0 radical (unpaired) electrons. The Bertz CT molecular complexity index is 909. The van der Waals surface area contributed by atoms with Crippen LogP contribution in [0.1, 0.15) is 33.3 Å². The number of aromatic nitrogens is 1. The van der Waals surface area contributed by atoms with Gasteiger partial charge in [0.05, 0.1) is 16.8 Å². The minimum absolute atomic E-state index is 0.0510. The van der Waals surface area contributed by atoms with Crippen molar-refractivity contribution in [1.82, 2.24) is 4.57 Å². The van der Waals surface area contributed by atoms with Crippen LogP contribution in [0.2, 0.25) is 0 Å². The molecular weight excluding hydrogens is 302 g/mol. The summed E-state index contributed by atoms with van der Waals surface area (Å²) in [5.74, 6) is -1.35. The zero-order chi connectivity index (χ0) is 17.3. The molecule has 4 heteroatoms. The Morgan fingerprint density at radius 3 is 1.92 bits per heavy atom. The molecule has 3 rings (SSSR count). The number of carboxylic acids is 1. The monoisotopic (exact) mass is 319 g/mol. The molecule has 0 saturated heterocycles. The molecule has 120 valence electrons. The van der Waals surface area contributed by atoms with E-state index in [2.05, 4.69) is 0 Å². The number of nitrogens with zero attached hydrogens (tertiary/aromatic N) is 1. The van der Waals surface area contributed by atoms with Crippen molar-refractivity contribution >= 4 is 11.8 Å². The van der Waals surface area contributed by atoms with Gasteiger partial charge in [-0.05, 0) is 31.5 Å². The van der Waals surface area contributed by atoms with Gasteiger partial charge in [0.2, 0.25) is 0 Å². The molecular formula is C20H17NO3. The Kier molecular flexibility index (Phi) is 4.04. The van der Waals surface area contributed by atoms with Gasteiger partial charge in [0.25, 0.3) is 0 Å². The Hall–Kier alpha value is -3.14. The topological polar surface area (TPSA) is 59.3 Å². The Labute approximate surface area is 140 Å². The van der Waals surface area contributed by atoms with Crippen molar-refractivity contribution in [1.29, 1.82) is 0 Å². The quantitative estimate of drug-likeness (QED) is 0.727. The van der Waals surface area contributed by atoms with Gasteiger partial charge in [0.15, 0.2) is 5.78 Å². The predicted molar refractivity (Wildman–Crippen MR) is 92.9 cm³/mol. The molecule has 0 unspecified atom stereocenters. The van der Waals surface area contributed by atoms with E-state index in [0.29, 0.717) is 11.4 Å². The first-order chi connectivity index (χ1) is 11.5. The third-order valence-electron chi connectivity index (χ3n) is 4.04. The van der Waals surface area contributed by atoms with Gasteiger partial charge in [-0.25, -0.2) is 4.79 Å². The number of para-hydroxylation sites is 1. The standard InChI is InChI=1S/C20H17NO3/c1-13-17(14(2)22)18(20(23)24)19(15-9-5-3-6-10-15)21(13)16-11-7-4-8-12-16/h3-12H,1-2H3,(H,23,24). The summed E-state index contributed by atoms with van der Waals surface area (Å²) < 4.78 is 1.84. The zero-order valence-corrected chi connectivity index (χ0v) is 13.5. The van der Waals surface area contributed by atoms with Crippen LogP contribution in [0.4, 0.5) is 0 Å². The number of ketones is 1. The van der Waals surface area contributed by atoms with Crippen molar-refractivity contribution in [3.05, 3.63) is 77.5 Å². The molecule has 1 heterocycles. The SMILES string of the molecule is CC(=O)c1c(C(=O)O)c(-c2ccccc2)n(-c2ccccc2)c1C. The molecule has 0 bridgehead atoms. The van der Waals surface area contributed by atoms with E-state index in [1.54, 1.807) is 6.92 Å². The number of benzene rings is 2. The van der Waals surface area contributed by atoms with Crippen LogP contribution >= 0.6 is 0 Å². The molecule has 0 spiro atoms. The number of hydrogen-bond acceptors (Lipinski definition) is 2. The van der Waals surface area contributed by atoms with E-state index < -0.39 is 5.97 Å². The molecule has 0 amide bonds. The van der Waals surface area contributed by atoms with Gasteiger partial charge < -0.3 is 9.67 Å². The minimum atomic E-state index is -1.10. The number of hydrogen-bond donors (Lipinski definition) is 1. The van der Waals surface area contributed by atoms with Crippen molar-refractivity contribution in [2.75, 3.05) is 0 Å². The number of carbonyl (C=O) groups is 2. The molecule has 0 fully saturated rings. The van der Waals surface area contributed by atoms with Crippen LogP contribution in [0.15, 0.2) is 60.7 Å². The number of rotatable bonds is 4. The van der Waals surface area contributed by atoms with Crippen molar-refractivity contribution < 1.29 is 14.7 Å². The van der Waals surface area contributed by atoms with Gasteiger partial charge in [0.1, 0.15) is 0 Å². The van der Waals surface area contributed by atoms with Gasteiger partial charge in [-0.2, -0.15) is 0 Å². The van der Waals surface area contributed by atoms with Crippen LogP contribution in [-0.2, 0) is 0 Å². The highest BCUT2D eigenvalue weighted by atomic mass is 16.4. The second-order valence-corrected chi connectivity index (χ2v) is 5.58. The molecule has 2 aromatic carbocycles. The first kappa shape index (κ1) is 15.7. The predicted octanol–water partition coefficient (Wildman–Crippen LogP) is 4.35. The molecule has 0 aliphatic rings. The van der Waals surface area contributed by atoms with Gasteiger partial charge in [0, 0.05) is 11.4 Å². The van der Waals surface area contributed by atoms with Gasteiger partial charge in [-0.15, -0.1) is 0 Å². The van der Waals surface area contributed by atoms with Gasteiger partial charge in [-0.3, -0.25) is 4.79 Å². The van der Waals surface area contributed by atoms with Crippen molar-refractivity contribution in [3.63, 3.8) is 0 Å². The average molecular weight is 319 g/mol. The number of carbonyl (C=O) groups excluding carboxylic acids is 1. The molecule has 0 atom stereocenters. The highest BCUT2D eigenvalue weighted by Gasteiger charge is 2.28. The maximum Gasteiger partial charge on any atom is 0.338 e. The molecule has 0 saturated carbocycles. The summed E-state index contributed by atoms with van der Waals surface area (Å²) in [7, 11) is 0. The second kappa shape index (κ2) is 6.16. The van der Waals surface area contributed by atoms with Gasteiger partial charge in [-0.1, -0.05) is 48.5 Å². The van der Waals surface area contributed by atoms with Crippen LogP contribution in [0.25, 0.3) is 16.9 Å². The largest absolute Gasteiger partial charge is 0.478 e. The summed E-state index contributed by atoms with van der Waals surface area (Å²) in [6.45, 7) is 3.18. The van der Waals surface area contributed by atoms with Crippen LogP contribution in [-0.4, -0.2) is 21.4 Å². The van der Waals surface area contributed by atoms with Crippen molar-refractivity contribution in [2.24, 2.45) is 0 Å². The number of aromatic carboxylic acids is 1. The second-order valence-electron chi connectivity index (χ2n) is 5.58. The molecule has 0 aliphatic carbocycles. The number of Topliss-reactive ketones (excluding diaryl/α,β-unsaturated/α-hetero) is 1. The van der Waals surface area contributed by atoms with Crippen LogP contribution in [0, 0.1) is 6.92 Å². The maximum absolute atomic E-state index is 12.1. The Morgan fingerprint density at radius 1 is 0.875 bits per heavy atom. The molecule has 1 N–H and O–H groups in total. The average Bonchev–Trinajstić information content (AvgIpc) is 2.90. The van der Waals surface area contributed by atoms with E-state index in [1.165, 1.54) is 6.92 Å². The van der Waals surface area contributed by atoms with Gasteiger partial charge >= 0.3 is 5.97 Å². The highest BCUT2D eigenvalue weighted by molar-refractivity contribution is 6.10. The lowest BCUT2D eigenvalue weighted by Crippen LogP contribution is -2.05. The molecule has 0 aliphatic heterocycles. The third-order valence-corrected chi connectivity index (χ3v) is 4.04. The summed E-state index contributed by atoms with van der Waals surface area (Å²) in [5, 5.41) is 9.78. The molecule has 3 aromatic rings. The fraction of sp³-hybridized carbons (Fsp3) is 0.100. The lowest BCUT2D eigenvalue weighted by Gasteiger charge is -2.12. The van der Waals surface area contributed by atoms with E-state index in [4.69, 9.17) is 0 Å². The maximum atomic E-state index is 12.1. The van der Waals surface area contributed by atoms with E-state index in [0.717, 1.165) is 11.3 Å². The molecule has 4 nitrogen and oxygen atoms in total. The van der Waals surface area contributed by atoms with E-state index >= 15 is 0 Å². The van der Waals surface area contributed by atoms with Crippen LogP contribution in [0.5, 0.6) is 0 Å². The number of carboxylic acid groups (broad SMARTS) is 1. The zero-order valence-electron chi connectivity index (χ0n) is 13.5. The fourth-order valence-corrected chi connectivity index (χ4v) is 3.10. The highest BCUT2D eigenvalue weighted by Crippen LogP contribution is 2.34. The minimum Gasteiger partial charge on any atom is -0.478 e. The summed E-state index contributed by atoms with van der Waals surface area (Å²) in [6.07, 6.45) is 0. The van der Waals surface area contributed by atoms with E-state index in [9.17, 15) is 14.7 Å². The first-order valence-corrected chi connectivity index (χ1v) is 7.62. The summed E-state index contributed by atoms with van der Waals surface area (Å²) in [4.78, 5) is 24.1. The van der Waals surface area contributed by atoms with Crippen molar-refractivity contribution in [2.45, 2.75) is 13.8 Å². The summed E-state index contributed by atoms with van der Waals surface area (Å²) >= 11 is 0. The summed E-state index contributed by atoms with van der Waals surface area (Å²) in [5.41, 5.74) is 3.04. The van der Waals surface area contributed by atoms with E-state index in [-0.39, 0.29) is 16.9 Å². The smallest absolute Gasteiger partial charge is 0.338 e. The molecule has 1 aromatic heterocycles. The van der Waals surface area contributed by atoms with Crippen LogP contribution < -0.4 is 0 Å². The van der Waals surface area contributed by atoms with Crippen molar-refractivity contribution in [3.8, 4) is 16.9 Å². The fourth-order valence-electron chi connectivity index (χ4n) is 3.10. The third kappa shape index (κ3) is 2.52. The summed E-state index contributed by atoms with van der Waals surface area (Å²) in [6, 6.07) is 18.7. The Balaban J connectivity index is 2.46. The normalized spacial score (nSPS) is 10.6.